The Hall–Kier alpha value is -1.95. The van der Waals surface area contributed by atoms with Crippen molar-refractivity contribution in [3.8, 4) is 0 Å². The number of rotatable bonds is 5. The van der Waals surface area contributed by atoms with Gasteiger partial charge in [0.05, 0.1) is 12.1 Å². The first-order valence-electron chi connectivity index (χ1n) is 4.54. The van der Waals surface area contributed by atoms with Gasteiger partial charge in [-0.1, -0.05) is 0 Å². The first-order valence-corrected chi connectivity index (χ1v) is 4.54. The van der Waals surface area contributed by atoms with Crippen LogP contribution in [0.25, 0.3) is 0 Å². The molecule has 0 atom stereocenters. The second-order valence-corrected chi connectivity index (χ2v) is 3.18. The van der Waals surface area contributed by atoms with Crippen LogP contribution in [0.1, 0.15) is 12.8 Å². The second-order valence-electron chi connectivity index (χ2n) is 3.18. The predicted molar refractivity (Wildman–Crippen MR) is 52.2 cm³/mol. The highest BCUT2D eigenvalue weighted by Crippen LogP contribution is 2.17. The standard InChI is InChI=1S/C10H10NO5/c12-5-1-2-9(13)7-3-4-11(16)6-8(7)10(14)15/h3-4,16H,1-2,6H2,(H,14,15). The van der Waals surface area contributed by atoms with E-state index in [1.807, 2.05) is 0 Å². The Kier molecular flexibility index (Phi) is 3.96. The van der Waals surface area contributed by atoms with E-state index in [0.717, 1.165) is 0 Å². The Morgan fingerprint density at radius 3 is 2.75 bits per heavy atom. The van der Waals surface area contributed by atoms with Crippen molar-refractivity contribution >= 4 is 18.0 Å². The molecular weight excluding hydrogens is 214 g/mol. The van der Waals surface area contributed by atoms with Gasteiger partial charge in [0.2, 0.25) is 0 Å². The molecule has 1 rings (SSSR count). The topological polar surface area (TPSA) is 94.9 Å². The number of allylic oxidation sites excluding steroid dienone is 2. The molecule has 0 aliphatic carbocycles. The maximum atomic E-state index is 11.5. The highest BCUT2D eigenvalue weighted by molar-refractivity contribution is 6.06. The molecule has 0 aromatic rings. The number of carboxylic acid groups (broad SMARTS) is 1. The Balaban J connectivity index is 2.93. The summed E-state index contributed by atoms with van der Waals surface area (Å²) in [5.41, 5.74) is -0.158. The van der Waals surface area contributed by atoms with E-state index in [2.05, 4.69) is 0 Å². The van der Waals surface area contributed by atoms with Gasteiger partial charge in [0.25, 0.3) is 0 Å². The summed E-state index contributed by atoms with van der Waals surface area (Å²) in [5.74, 6) is -1.70. The van der Waals surface area contributed by atoms with Crippen LogP contribution >= 0.6 is 0 Å². The number of nitrogens with zero attached hydrogens (tertiary/aromatic N) is 1. The molecule has 6 heteroatoms. The molecule has 6 nitrogen and oxygen atoms in total. The summed E-state index contributed by atoms with van der Waals surface area (Å²) in [6, 6.07) is 0. The Morgan fingerprint density at radius 2 is 2.19 bits per heavy atom. The number of hydroxylamine groups is 2. The summed E-state index contributed by atoms with van der Waals surface area (Å²) in [6.45, 7) is -0.252. The summed E-state index contributed by atoms with van der Waals surface area (Å²) in [5, 5.41) is 18.6. The molecule has 16 heavy (non-hydrogen) atoms. The van der Waals surface area contributed by atoms with Crippen LogP contribution in [0.2, 0.25) is 0 Å². The van der Waals surface area contributed by atoms with E-state index in [-0.39, 0.29) is 30.5 Å². The first kappa shape index (κ1) is 12.1. The molecule has 1 aliphatic rings. The number of carboxylic acids is 1. The average Bonchev–Trinajstić information content (AvgIpc) is 2.25. The van der Waals surface area contributed by atoms with E-state index >= 15 is 0 Å². The van der Waals surface area contributed by atoms with Crippen molar-refractivity contribution in [1.29, 1.82) is 0 Å². The van der Waals surface area contributed by atoms with Crippen LogP contribution in [-0.2, 0) is 14.4 Å². The lowest BCUT2D eigenvalue weighted by Gasteiger charge is -2.18. The molecule has 0 spiro atoms. The molecule has 1 heterocycles. The summed E-state index contributed by atoms with van der Waals surface area (Å²) in [7, 11) is 0. The lowest BCUT2D eigenvalue weighted by Crippen LogP contribution is -2.26. The zero-order valence-electron chi connectivity index (χ0n) is 8.34. The Morgan fingerprint density at radius 1 is 1.50 bits per heavy atom. The smallest absolute Gasteiger partial charge is 0.334 e. The van der Waals surface area contributed by atoms with Crippen molar-refractivity contribution in [2.45, 2.75) is 12.8 Å². The fourth-order valence-electron chi connectivity index (χ4n) is 1.30. The van der Waals surface area contributed by atoms with Gasteiger partial charge in [-0.15, -0.1) is 0 Å². The number of Topliss-reactive ketones (excluding diaryl/α,β-unsaturated/α-hetero) is 1. The predicted octanol–water partition coefficient (Wildman–Crippen LogP) is 0.0451. The minimum atomic E-state index is -1.26. The molecule has 0 aromatic carbocycles. The molecule has 0 fully saturated rings. The molecule has 1 radical (unpaired) electrons. The SMILES string of the molecule is O=[C]CCC(=O)C1=C(C(=O)O)CN(O)C=C1. The first-order chi connectivity index (χ1) is 7.56. The molecule has 0 amide bonds. The monoisotopic (exact) mass is 224 g/mol. The van der Waals surface area contributed by atoms with Crippen LogP contribution in [0.5, 0.6) is 0 Å². The van der Waals surface area contributed by atoms with Gasteiger partial charge in [-0.2, -0.15) is 0 Å². The fraction of sp³-hybridized carbons (Fsp3) is 0.300. The van der Waals surface area contributed by atoms with Gasteiger partial charge >= 0.3 is 5.97 Å². The van der Waals surface area contributed by atoms with Crippen LogP contribution in [0.3, 0.4) is 0 Å². The van der Waals surface area contributed by atoms with Crippen molar-refractivity contribution in [2.24, 2.45) is 0 Å². The summed E-state index contributed by atoms with van der Waals surface area (Å²) < 4.78 is 0. The summed E-state index contributed by atoms with van der Waals surface area (Å²) in [4.78, 5) is 32.3. The van der Waals surface area contributed by atoms with Crippen molar-refractivity contribution in [3.63, 3.8) is 0 Å². The van der Waals surface area contributed by atoms with Crippen molar-refractivity contribution in [3.05, 3.63) is 23.4 Å². The maximum absolute atomic E-state index is 11.5. The van der Waals surface area contributed by atoms with E-state index in [0.29, 0.717) is 5.06 Å². The zero-order chi connectivity index (χ0) is 12.1. The molecule has 0 bridgehead atoms. The zero-order valence-corrected chi connectivity index (χ0v) is 8.34. The van der Waals surface area contributed by atoms with Crippen molar-refractivity contribution in [1.82, 2.24) is 5.06 Å². The fourth-order valence-corrected chi connectivity index (χ4v) is 1.30. The lowest BCUT2D eigenvalue weighted by atomic mass is 9.99. The highest BCUT2D eigenvalue weighted by Gasteiger charge is 2.22. The third kappa shape index (κ3) is 2.77. The lowest BCUT2D eigenvalue weighted by molar-refractivity contribution is -0.134. The number of hydrogen-bond donors (Lipinski definition) is 2. The van der Waals surface area contributed by atoms with E-state index < -0.39 is 11.8 Å². The molecule has 85 valence electrons. The highest BCUT2D eigenvalue weighted by atomic mass is 16.5. The maximum Gasteiger partial charge on any atom is 0.334 e. The number of carbonyl (C=O) groups is 2. The van der Waals surface area contributed by atoms with E-state index in [1.165, 1.54) is 12.3 Å². The van der Waals surface area contributed by atoms with Crippen LogP contribution in [-0.4, -0.2) is 40.0 Å². The van der Waals surface area contributed by atoms with E-state index in [4.69, 9.17) is 10.3 Å². The number of hydrogen-bond acceptors (Lipinski definition) is 5. The minimum absolute atomic E-state index is 0.0213. The van der Waals surface area contributed by atoms with Gasteiger partial charge in [0.1, 0.15) is 0 Å². The molecule has 1 aliphatic heterocycles. The Bertz CT molecular complexity index is 383. The quantitative estimate of drug-likeness (QED) is 0.684. The van der Waals surface area contributed by atoms with E-state index in [9.17, 15) is 14.4 Å². The minimum Gasteiger partial charge on any atom is -0.478 e. The van der Waals surface area contributed by atoms with Gasteiger partial charge in [0, 0.05) is 24.6 Å². The van der Waals surface area contributed by atoms with Gasteiger partial charge in [0.15, 0.2) is 12.1 Å². The number of carbonyl (C=O) groups excluding carboxylic acids is 2. The number of aliphatic carboxylic acids is 1. The summed E-state index contributed by atoms with van der Waals surface area (Å²) >= 11 is 0. The molecule has 0 unspecified atom stereocenters. The average molecular weight is 224 g/mol. The van der Waals surface area contributed by atoms with Crippen molar-refractivity contribution in [2.75, 3.05) is 6.54 Å². The number of ketones is 1. The summed E-state index contributed by atoms with van der Waals surface area (Å²) in [6.07, 6.45) is 3.85. The van der Waals surface area contributed by atoms with Gasteiger partial charge in [-0.05, 0) is 6.08 Å². The second kappa shape index (κ2) is 5.22. The normalized spacial score (nSPS) is 15.2. The van der Waals surface area contributed by atoms with Crippen molar-refractivity contribution < 1.29 is 24.7 Å². The third-order valence-corrected chi connectivity index (χ3v) is 2.07. The largest absolute Gasteiger partial charge is 0.478 e. The molecule has 0 saturated heterocycles. The van der Waals surface area contributed by atoms with Gasteiger partial charge in [-0.25, -0.2) is 4.79 Å². The van der Waals surface area contributed by atoms with Crippen LogP contribution < -0.4 is 0 Å². The van der Waals surface area contributed by atoms with Crippen LogP contribution in [0.4, 0.5) is 0 Å². The molecular formula is C10H10NO5. The molecule has 2 N–H and O–H groups in total. The Labute approximate surface area is 91.4 Å². The van der Waals surface area contributed by atoms with E-state index in [1.54, 1.807) is 6.29 Å². The van der Waals surface area contributed by atoms with Crippen LogP contribution in [0.15, 0.2) is 23.4 Å². The molecule has 0 saturated carbocycles. The van der Waals surface area contributed by atoms with Gasteiger partial charge in [-0.3, -0.25) is 19.9 Å². The third-order valence-electron chi connectivity index (χ3n) is 2.07. The van der Waals surface area contributed by atoms with Gasteiger partial charge < -0.3 is 5.11 Å². The van der Waals surface area contributed by atoms with Crippen LogP contribution in [0, 0.1) is 0 Å². The molecule has 0 aromatic heterocycles.